The Labute approximate surface area is 522 Å². The van der Waals surface area contributed by atoms with E-state index in [1.165, 1.54) is 30.3 Å². The number of rotatable bonds is 8. The van der Waals surface area contributed by atoms with Gasteiger partial charge >= 0.3 is 6.18 Å². The fraction of sp³-hybridized carbons (Fsp3) is 0.0130. The number of alkyl halides is 3. The molecule has 0 atom stereocenters. The van der Waals surface area contributed by atoms with Crippen LogP contribution in [-0.4, -0.2) is 9.13 Å². The van der Waals surface area contributed by atoms with E-state index in [1.807, 2.05) is 94.1 Å². The second-order valence-electron chi connectivity index (χ2n) is 21.5. The molecule has 11 aromatic carbocycles. The highest BCUT2D eigenvalue weighted by atomic mass is 19.4. The van der Waals surface area contributed by atoms with E-state index in [0.717, 1.165) is 12.1 Å². The summed E-state index contributed by atoms with van der Waals surface area (Å²) in [6.45, 7) is 0. The molecule has 0 N–H and O–H groups in total. The molecule has 0 unspecified atom stereocenters. The lowest BCUT2D eigenvalue weighted by atomic mass is 9.89. The molecular weight excluding hydrogens is 1150 g/mol. The molecule has 0 bridgehead atoms. The average Bonchev–Trinajstić information content (AvgIpc) is 1.56. The molecule has 0 aliphatic carbocycles. The van der Waals surface area contributed by atoms with Gasteiger partial charge in [-0.05, 0) is 195 Å². The predicted molar refractivity (Wildman–Crippen MR) is 340 cm³/mol. The fourth-order valence-electron chi connectivity index (χ4n) is 12.3. The SMILES string of the molecule is N#Cc1ccc(-c2ccc3c(c2)c2cc(-c4ccc(C#N)cc4C#N)ccc2n3-c2ccc(-c3ccc(C(F)(F)F)cc3C#N)c(-c3cc(C#N)ccc3-n3c4ccc(-c5ccc(C#N)cc5C#N)cc4c4cc(-c5ccc(C#N)cc5C#N)ccc43)c2)c(C#N)c1. The summed E-state index contributed by atoms with van der Waals surface area (Å²) in [4.78, 5) is 0. The molecule has 0 radical (unpaired) electrons. The van der Waals surface area contributed by atoms with E-state index in [4.69, 9.17) is 0 Å². The minimum Gasteiger partial charge on any atom is -0.309 e. The van der Waals surface area contributed by atoms with Crippen LogP contribution in [0, 0.1) is 113 Å². The van der Waals surface area contributed by atoms with Crippen LogP contribution in [0.25, 0.3) is 122 Å². The molecule has 0 aliphatic heterocycles. The molecule has 2 aromatic heterocycles. The van der Waals surface area contributed by atoms with Crippen LogP contribution >= 0.6 is 0 Å². The van der Waals surface area contributed by atoms with Crippen molar-refractivity contribution in [1.29, 1.82) is 52.6 Å². The first-order chi connectivity index (χ1) is 44.7. The van der Waals surface area contributed by atoms with E-state index in [1.54, 1.807) is 78.9 Å². The maximum absolute atomic E-state index is 14.5. The number of aromatic nitrogens is 2. The maximum atomic E-state index is 14.5. The van der Waals surface area contributed by atoms with Crippen molar-refractivity contribution >= 4 is 43.6 Å². The van der Waals surface area contributed by atoms with Gasteiger partial charge in [-0.15, -0.1) is 0 Å². The minimum atomic E-state index is -4.79. The summed E-state index contributed by atoms with van der Waals surface area (Å²) in [6, 6.07) is 77.0. The summed E-state index contributed by atoms with van der Waals surface area (Å²) in [5.74, 6) is 0. The zero-order valence-corrected chi connectivity index (χ0v) is 47.6. The smallest absolute Gasteiger partial charge is 0.309 e. The first-order valence-corrected chi connectivity index (χ1v) is 28.0. The van der Waals surface area contributed by atoms with Crippen LogP contribution in [0.4, 0.5) is 13.2 Å². The molecule has 2 heterocycles. The van der Waals surface area contributed by atoms with Gasteiger partial charge in [-0.25, -0.2) is 0 Å². The number of halogens is 3. The molecule has 92 heavy (non-hydrogen) atoms. The van der Waals surface area contributed by atoms with Gasteiger partial charge in [0.25, 0.3) is 0 Å². The lowest BCUT2D eigenvalue weighted by Gasteiger charge is -2.20. The minimum absolute atomic E-state index is 0.154. The second kappa shape index (κ2) is 22.5. The van der Waals surface area contributed by atoms with Crippen molar-refractivity contribution in [3.63, 3.8) is 0 Å². The van der Waals surface area contributed by atoms with E-state index in [9.17, 15) is 65.8 Å². The quantitative estimate of drug-likeness (QED) is 0.139. The third-order valence-corrected chi connectivity index (χ3v) is 16.5. The largest absolute Gasteiger partial charge is 0.416 e. The first-order valence-electron chi connectivity index (χ1n) is 28.0. The fourth-order valence-corrected chi connectivity index (χ4v) is 12.3. The van der Waals surface area contributed by atoms with Gasteiger partial charge in [0, 0.05) is 38.4 Å². The first kappa shape index (κ1) is 56.8. The van der Waals surface area contributed by atoms with Crippen LogP contribution in [0.15, 0.2) is 200 Å². The summed E-state index contributed by atoms with van der Waals surface area (Å²) in [5, 5.41) is 105. The van der Waals surface area contributed by atoms with Crippen LogP contribution in [0.3, 0.4) is 0 Å². The highest BCUT2D eigenvalue weighted by Gasteiger charge is 2.32. The zero-order valence-electron chi connectivity index (χ0n) is 47.6. The topological polar surface area (TPSA) is 248 Å². The van der Waals surface area contributed by atoms with Crippen molar-refractivity contribution in [2.45, 2.75) is 6.18 Å². The van der Waals surface area contributed by atoms with Gasteiger partial charge in [0.15, 0.2) is 0 Å². The molecule has 13 rings (SSSR count). The highest BCUT2D eigenvalue weighted by Crippen LogP contribution is 2.46. The van der Waals surface area contributed by atoms with Gasteiger partial charge in [0.1, 0.15) is 0 Å². The average molecular weight is 1180 g/mol. The summed E-state index contributed by atoms with van der Waals surface area (Å²) >= 11 is 0. The number of fused-ring (bicyclic) bond motifs is 6. The summed E-state index contributed by atoms with van der Waals surface area (Å²) in [7, 11) is 0. The molecule has 0 spiro atoms. The Kier molecular flexibility index (Phi) is 13.9. The Hall–Kier alpha value is -14.3. The van der Waals surface area contributed by atoms with Gasteiger partial charge in [0.05, 0.1) is 150 Å². The van der Waals surface area contributed by atoms with Gasteiger partial charge in [-0.3, -0.25) is 0 Å². The molecule has 0 fully saturated rings. The van der Waals surface area contributed by atoms with E-state index >= 15 is 0 Å². The van der Waals surface area contributed by atoms with Crippen LogP contribution in [0.1, 0.15) is 61.2 Å². The number of benzene rings is 11. The molecule has 0 saturated heterocycles. The van der Waals surface area contributed by atoms with Crippen molar-refractivity contribution < 1.29 is 13.2 Å². The van der Waals surface area contributed by atoms with E-state index < -0.39 is 11.7 Å². The van der Waals surface area contributed by atoms with E-state index in [-0.39, 0.29) is 38.9 Å². The molecular formula is C77H33F3N12. The number of hydrogen-bond acceptors (Lipinski definition) is 10. The standard InChI is InChI=1S/C77H33F3N12/c78-77(79,80)58-10-16-64(57(28-58)43-90)65-17-11-59(91-72-19-6-49(60-12-1-44(34-81)23-53(60)39-86)29-68(72)69-30-50(7-20-73(69)91)61-13-2-45(35-82)24-54(61)40-87)33-66(65)67-27-48(38-85)5-18-74(67)92-75-21-8-51(62-14-3-46(36-83)25-55(62)41-88)31-70(75)71-32-52(9-22-76(71)92)63-15-4-47(37-84)26-56(63)42-89/h1-33H. The second-order valence-corrected chi connectivity index (χ2v) is 21.5. The lowest BCUT2D eigenvalue weighted by Crippen LogP contribution is -2.06. The molecule has 13 aromatic rings. The molecule has 422 valence electrons. The molecule has 0 amide bonds. The normalized spacial score (nSPS) is 10.9. The Bertz CT molecular complexity index is 5640. The number of nitriles is 10. The Morgan fingerprint density at radius 1 is 0.250 bits per heavy atom. The summed E-state index contributed by atoms with van der Waals surface area (Å²) in [5.41, 5.74) is 10.8. The Balaban J connectivity index is 1.12. The van der Waals surface area contributed by atoms with Crippen LogP contribution in [-0.2, 0) is 6.18 Å². The number of hydrogen-bond donors (Lipinski definition) is 0. The monoisotopic (exact) mass is 1180 g/mol. The van der Waals surface area contributed by atoms with Crippen molar-refractivity contribution in [2.24, 2.45) is 0 Å². The van der Waals surface area contributed by atoms with Crippen molar-refractivity contribution in [3.05, 3.63) is 261 Å². The van der Waals surface area contributed by atoms with Gasteiger partial charge < -0.3 is 9.13 Å². The molecule has 15 heteroatoms. The van der Waals surface area contributed by atoms with Crippen molar-refractivity contribution in [2.75, 3.05) is 0 Å². The Morgan fingerprint density at radius 2 is 0.576 bits per heavy atom. The van der Waals surface area contributed by atoms with Crippen LogP contribution < -0.4 is 0 Å². The summed E-state index contributed by atoms with van der Waals surface area (Å²) in [6.07, 6.45) is -4.79. The van der Waals surface area contributed by atoms with Gasteiger partial charge in [-0.1, -0.05) is 60.7 Å². The van der Waals surface area contributed by atoms with Gasteiger partial charge in [0.2, 0.25) is 0 Å². The van der Waals surface area contributed by atoms with Gasteiger partial charge in [-0.2, -0.15) is 65.8 Å². The van der Waals surface area contributed by atoms with E-state index in [2.05, 4.69) is 54.6 Å². The van der Waals surface area contributed by atoms with Crippen molar-refractivity contribution in [1.82, 2.24) is 9.13 Å². The maximum Gasteiger partial charge on any atom is 0.416 e. The number of nitrogens with zero attached hydrogens (tertiary/aromatic N) is 12. The lowest BCUT2D eigenvalue weighted by molar-refractivity contribution is -0.137. The molecule has 0 aliphatic rings. The highest BCUT2D eigenvalue weighted by molar-refractivity contribution is 6.14. The Morgan fingerprint density at radius 3 is 0.935 bits per heavy atom. The predicted octanol–water partition coefficient (Wildman–Crippen LogP) is 17.6. The zero-order chi connectivity index (χ0) is 64.1. The van der Waals surface area contributed by atoms with E-state index in [0.29, 0.717) is 138 Å². The summed E-state index contributed by atoms with van der Waals surface area (Å²) < 4.78 is 47.5. The third-order valence-electron chi connectivity index (χ3n) is 16.5. The van der Waals surface area contributed by atoms with Crippen molar-refractivity contribution in [3.8, 4) is 139 Å². The molecule has 12 nitrogen and oxygen atoms in total. The molecule has 0 saturated carbocycles. The third kappa shape index (κ3) is 9.52. The van der Waals surface area contributed by atoms with Crippen LogP contribution in [0.5, 0.6) is 0 Å². The van der Waals surface area contributed by atoms with Crippen LogP contribution in [0.2, 0.25) is 0 Å².